The smallest absolute Gasteiger partial charge is 0.274 e. The summed E-state index contributed by atoms with van der Waals surface area (Å²) in [4.78, 5) is 28.3. The number of ether oxygens (including phenoxy) is 1. The molecule has 0 radical (unpaired) electrons. The van der Waals surface area contributed by atoms with Gasteiger partial charge in [-0.15, -0.1) is 11.3 Å². The van der Waals surface area contributed by atoms with Crippen molar-refractivity contribution >= 4 is 45.2 Å². The van der Waals surface area contributed by atoms with Gasteiger partial charge in [0.15, 0.2) is 5.82 Å². The molecule has 1 amide bonds. The lowest BCUT2D eigenvalue weighted by Crippen LogP contribution is -2.24. The summed E-state index contributed by atoms with van der Waals surface area (Å²) in [5, 5.41) is 26.0. The molecule has 0 aliphatic carbocycles. The maximum absolute atomic E-state index is 13.0. The van der Waals surface area contributed by atoms with Gasteiger partial charge in [-0.1, -0.05) is 18.2 Å². The van der Waals surface area contributed by atoms with Crippen molar-refractivity contribution < 1.29 is 14.5 Å². The van der Waals surface area contributed by atoms with E-state index in [0.717, 1.165) is 28.4 Å². The molecular weight excluding hydrogens is 492 g/mol. The number of aromatic nitrogens is 1. The third-order valence-electron chi connectivity index (χ3n) is 5.36. The summed E-state index contributed by atoms with van der Waals surface area (Å²) >= 11 is 1.35. The van der Waals surface area contributed by atoms with Crippen LogP contribution in [0.5, 0.6) is 0 Å². The number of nitrogens with one attached hydrogen (secondary N) is 4. The van der Waals surface area contributed by atoms with Gasteiger partial charge in [0.1, 0.15) is 4.88 Å². The maximum Gasteiger partial charge on any atom is 0.274 e. The molecule has 0 aliphatic heterocycles. The van der Waals surface area contributed by atoms with Crippen molar-refractivity contribution in [1.82, 2.24) is 10.3 Å². The lowest BCUT2D eigenvalue weighted by atomic mass is 10.1. The molecular formula is C26H26N6O4S. The van der Waals surface area contributed by atoms with Gasteiger partial charge in [-0.2, -0.15) is 0 Å². The quantitative estimate of drug-likeness (QED) is 0.119. The number of anilines is 3. The van der Waals surface area contributed by atoms with Gasteiger partial charge in [0, 0.05) is 43.2 Å². The molecule has 0 spiro atoms. The van der Waals surface area contributed by atoms with E-state index in [4.69, 9.17) is 4.74 Å². The van der Waals surface area contributed by atoms with Gasteiger partial charge in [0.25, 0.3) is 12.1 Å². The Balaban J connectivity index is 1.38. The SMILES string of the molecule is COCCN/C(=C/[N+](=O)[O-])Nc1ccc(NC(=O)c2sccc2NCc2ccnc3ccccc23)cc1. The molecule has 0 fully saturated rings. The average Bonchev–Trinajstić information content (AvgIpc) is 3.37. The zero-order valence-electron chi connectivity index (χ0n) is 20.1. The summed E-state index contributed by atoms with van der Waals surface area (Å²) in [5.41, 5.74) is 3.99. The average molecular weight is 519 g/mol. The third-order valence-corrected chi connectivity index (χ3v) is 6.27. The van der Waals surface area contributed by atoms with Crippen LogP contribution >= 0.6 is 11.3 Å². The van der Waals surface area contributed by atoms with Crippen LogP contribution in [0.15, 0.2) is 84.3 Å². The molecule has 37 heavy (non-hydrogen) atoms. The van der Waals surface area contributed by atoms with Crippen LogP contribution in [0.2, 0.25) is 0 Å². The number of hydrogen-bond acceptors (Lipinski definition) is 9. The Morgan fingerprint density at radius 1 is 1.08 bits per heavy atom. The van der Waals surface area contributed by atoms with Crippen LogP contribution in [-0.2, 0) is 11.3 Å². The standard InChI is InChI=1S/C26H26N6O4S/c1-36-14-13-28-24(17-32(34)35)30-19-6-8-20(9-7-19)31-26(33)25-23(11-15-37-25)29-16-18-10-12-27-22-5-3-2-4-21(18)22/h2-12,15,17,28-30H,13-14,16H2,1H3,(H,31,33)/b24-17-. The number of para-hydroxylation sites is 1. The Labute approximate surface area is 217 Å². The Morgan fingerprint density at radius 2 is 1.84 bits per heavy atom. The summed E-state index contributed by atoms with van der Waals surface area (Å²) < 4.78 is 4.96. The van der Waals surface area contributed by atoms with Crippen molar-refractivity contribution in [2.24, 2.45) is 0 Å². The van der Waals surface area contributed by atoms with E-state index >= 15 is 0 Å². The second-order valence-electron chi connectivity index (χ2n) is 7.91. The predicted molar refractivity (Wildman–Crippen MR) is 146 cm³/mol. The molecule has 0 atom stereocenters. The van der Waals surface area contributed by atoms with Gasteiger partial charge in [-0.3, -0.25) is 19.9 Å². The van der Waals surface area contributed by atoms with Crippen molar-refractivity contribution in [3.63, 3.8) is 0 Å². The number of nitrogens with zero attached hydrogens (tertiary/aromatic N) is 2. The van der Waals surface area contributed by atoms with E-state index in [1.54, 1.807) is 37.6 Å². The van der Waals surface area contributed by atoms with Gasteiger partial charge in [0.2, 0.25) is 0 Å². The number of benzene rings is 2. The molecule has 190 valence electrons. The molecule has 2 aromatic heterocycles. The molecule has 2 aromatic carbocycles. The predicted octanol–water partition coefficient (Wildman–Crippen LogP) is 4.88. The number of rotatable bonds is 12. The number of thiophene rings is 1. The molecule has 0 bridgehead atoms. The van der Waals surface area contributed by atoms with Crippen LogP contribution in [0.25, 0.3) is 10.9 Å². The molecule has 0 saturated heterocycles. The second-order valence-corrected chi connectivity index (χ2v) is 8.82. The highest BCUT2D eigenvalue weighted by molar-refractivity contribution is 7.12. The Morgan fingerprint density at radius 3 is 2.59 bits per heavy atom. The van der Waals surface area contributed by atoms with Crippen LogP contribution in [0.3, 0.4) is 0 Å². The van der Waals surface area contributed by atoms with Gasteiger partial charge in [0.05, 0.1) is 22.7 Å². The highest BCUT2D eigenvalue weighted by atomic mass is 32.1. The molecule has 4 rings (SSSR count). The minimum Gasteiger partial charge on any atom is -0.383 e. The molecule has 4 N–H and O–H groups in total. The summed E-state index contributed by atoms with van der Waals surface area (Å²) in [6, 6.07) is 18.7. The van der Waals surface area contributed by atoms with Gasteiger partial charge < -0.3 is 26.0 Å². The van der Waals surface area contributed by atoms with Crippen molar-refractivity contribution in [1.29, 1.82) is 0 Å². The molecule has 0 saturated carbocycles. The van der Waals surface area contributed by atoms with Crippen LogP contribution in [0.4, 0.5) is 17.1 Å². The highest BCUT2D eigenvalue weighted by Gasteiger charge is 2.14. The number of hydrogen-bond donors (Lipinski definition) is 4. The van der Waals surface area contributed by atoms with Crippen molar-refractivity contribution in [3.8, 4) is 0 Å². The van der Waals surface area contributed by atoms with E-state index in [-0.39, 0.29) is 11.7 Å². The lowest BCUT2D eigenvalue weighted by Gasteiger charge is -2.12. The number of amides is 1. The Hall–Kier alpha value is -4.48. The minimum atomic E-state index is -0.541. The topological polar surface area (TPSA) is 130 Å². The third kappa shape index (κ3) is 7.03. The van der Waals surface area contributed by atoms with E-state index in [9.17, 15) is 14.9 Å². The highest BCUT2D eigenvalue weighted by Crippen LogP contribution is 2.26. The van der Waals surface area contributed by atoms with E-state index in [1.807, 2.05) is 41.8 Å². The van der Waals surface area contributed by atoms with E-state index in [1.165, 1.54) is 11.3 Å². The van der Waals surface area contributed by atoms with Gasteiger partial charge in [-0.25, -0.2) is 0 Å². The minimum absolute atomic E-state index is 0.229. The van der Waals surface area contributed by atoms with Crippen LogP contribution < -0.4 is 21.3 Å². The number of methoxy groups -OCH3 is 1. The largest absolute Gasteiger partial charge is 0.383 e. The summed E-state index contributed by atoms with van der Waals surface area (Å²) in [7, 11) is 1.55. The molecule has 4 aromatic rings. The first-order valence-corrected chi connectivity index (χ1v) is 12.3. The summed E-state index contributed by atoms with van der Waals surface area (Å²) in [6.07, 6.45) is 2.64. The number of pyridine rings is 1. The van der Waals surface area contributed by atoms with Crippen molar-refractivity contribution in [2.75, 3.05) is 36.2 Å². The van der Waals surface area contributed by atoms with E-state index in [2.05, 4.69) is 26.3 Å². The lowest BCUT2D eigenvalue weighted by molar-refractivity contribution is -0.403. The number of carbonyl (C=O) groups excluding carboxylic acids is 1. The van der Waals surface area contributed by atoms with E-state index < -0.39 is 4.92 Å². The molecule has 0 unspecified atom stereocenters. The fourth-order valence-corrected chi connectivity index (χ4v) is 4.38. The molecule has 11 heteroatoms. The number of fused-ring (bicyclic) bond motifs is 1. The Bertz CT molecular complexity index is 1400. The van der Waals surface area contributed by atoms with Gasteiger partial charge in [-0.05, 0) is 53.4 Å². The zero-order valence-corrected chi connectivity index (χ0v) is 20.9. The second kappa shape index (κ2) is 12.5. The monoisotopic (exact) mass is 518 g/mol. The van der Waals surface area contributed by atoms with Crippen molar-refractivity contribution in [3.05, 3.63) is 105 Å². The fraction of sp³-hybridized carbons (Fsp3) is 0.154. The molecule has 10 nitrogen and oxygen atoms in total. The summed E-state index contributed by atoms with van der Waals surface area (Å²) in [6.45, 7) is 1.37. The van der Waals surface area contributed by atoms with Crippen LogP contribution in [-0.4, -0.2) is 36.1 Å². The molecule has 2 heterocycles. The fourth-order valence-electron chi connectivity index (χ4n) is 3.62. The first kappa shape index (κ1) is 25.6. The van der Waals surface area contributed by atoms with Gasteiger partial charge >= 0.3 is 0 Å². The molecule has 0 aliphatic rings. The first-order valence-electron chi connectivity index (χ1n) is 11.4. The normalized spacial score (nSPS) is 11.2. The van der Waals surface area contributed by atoms with Crippen LogP contribution in [0, 0.1) is 10.1 Å². The Kier molecular flexibility index (Phi) is 8.63. The first-order chi connectivity index (χ1) is 18.0. The number of nitro groups is 1. The van der Waals surface area contributed by atoms with E-state index in [0.29, 0.717) is 35.9 Å². The zero-order chi connectivity index (χ0) is 26.0. The van der Waals surface area contributed by atoms with Crippen molar-refractivity contribution in [2.45, 2.75) is 6.54 Å². The maximum atomic E-state index is 13.0. The number of carbonyl (C=O) groups is 1. The summed E-state index contributed by atoms with van der Waals surface area (Å²) in [5.74, 6) is 0.00285. The van der Waals surface area contributed by atoms with Crippen LogP contribution in [0.1, 0.15) is 15.2 Å².